The molecule has 1 N–H and O–H groups in total. The molecule has 0 spiro atoms. The Morgan fingerprint density at radius 2 is 1.80 bits per heavy atom. The van der Waals surface area contributed by atoms with Crippen molar-refractivity contribution in [1.82, 2.24) is 14.7 Å². The third-order valence-corrected chi connectivity index (χ3v) is 5.88. The highest BCUT2D eigenvalue weighted by atomic mass is 19.1. The summed E-state index contributed by atoms with van der Waals surface area (Å²) in [5.74, 6) is -1.22. The van der Waals surface area contributed by atoms with Gasteiger partial charge < -0.3 is 14.6 Å². The zero-order valence-corrected chi connectivity index (χ0v) is 21.0. The maximum Gasteiger partial charge on any atom is 0.227 e. The summed E-state index contributed by atoms with van der Waals surface area (Å²) in [4.78, 5) is 2.14. The van der Waals surface area contributed by atoms with E-state index in [-0.39, 0.29) is 24.5 Å². The third kappa shape index (κ3) is 7.10. The number of aliphatic hydroxyl groups excluding tert-OH is 1. The fourth-order valence-electron chi connectivity index (χ4n) is 3.72. The molecule has 8 heteroatoms. The molecule has 35 heavy (non-hydrogen) atoms. The molecule has 1 aromatic heterocycles. The van der Waals surface area contributed by atoms with Gasteiger partial charge in [0.2, 0.25) is 5.88 Å². The fraction of sp³-hybridized carbons (Fsp3) is 0.444. The molecule has 2 aromatic carbocycles. The molecular weight excluding hydrogens is 452 g/mol. The SMILES string of the molecule is CC[C@@H](C)N(Cc1c(C)nn(-c2ccccc2)c1Oc1ccc(F)cc1F)C[C@H](O)COC(C)C. The molecule has 0 aliphatic rings. The number of nitrogens with zero attached hydrogens (tertiary/aromatic N) is 3. The molecule has 3 rings (SSSR count). The predicted octanol–water partition coefficient (Wildman–Crippen LogP) is 5.64. The Hall–Kier alpha value is -2.81. The lowest BCUT2D eigenvalue weighted by atomic mass is 10.1. The van der Waals surface area contributed by atoms with Crippen LogP contribution in [0.2, 0.25) is 0 Å². The van der Waals surface area contributed by atoms with Gasteiger partial charge >= 0.3 is 0 Å². The average Bonchev–Trinajstić information content (AvgIpc) is 3.13. The summed E-state index contributed by atoms with van der Waals surface area (Å²) in [5, 5.41) is 15.3. The summed E-state index contributed by atoms with van der Waals surface area (Å²) in [7, 11) is 0. The van der Waals surface area contributed by atoms with E-state index in [4.69, 9.17) is 9.47 Å². The van der Waals surface area contributed by atoms with E-state index in [1.54, 1.807) is 4.68 Å². The van der Waals surface area contributed by atoms with E-state index in [0.29, 0.717) is 24.7 Å². The van der Waals surface area contributed by atoms with Gasteiger partial charge in [-0.05, 0) is 58.4 Å². The van der Waals surface area contributed by atoms with Crippen molar-refractivity contribution in [2.45, 2.75) is 65.8 Å². The molecular formula is C27H35F2N3O3. The van der Waals surface area contributed by atoms with Gasteiger partial charge in [-0.2, -0.15) is 5.10 Å². The standard InChI is InChI=1S/C27H35F2N3O3/c1-6-19(4)31(15-23(33)17-34-18(2)3)16-24-20(5)30-32(22-10-8-7-9-11-22)27(24)35-26-13-12-21(28)14-25(26)29/h7-14,18-19,23,33H,6,15-17H2,1-5H3/t19-,23+/m1/s1. The molecule has 0 saturated carbocycles. The largest absolute Gasteiger partial charge is 0.435 e. The van der Waals surface area contributed by atoms with Gasteiger partial charge in [0.1, 0.15) is 5.82 Å². The van der Waals surface area contributed by atoms with Crippen molar-refractivity contribution < 1.29 is 23.4 Å². The maximum atomic E-state index is 14.5. The summed E-state index contributed by atoms with van der Waals surface area (Å²) in [5.41, 5.74) is 2.22. The van der Waals surface area contributed by atoms with Crippen molar-refractivity contribution in [3.8, 4) is 17.3 Å². The van der Waals surface area contributed by atoms with Crippen molar-refractivity contribution in [3.63, 3.8) is 0 Å². The highest BCUT2D eigenvalue weighted by Gasteiger charge is 2.25. The average molecular weight is 488 g/mol. The maximum absolute atomic E-state index is 14.5. The number of para-hydroxylation sites is 1. The lowest BCUT2D eigenvalue weighted by Crippen LogP contribution is -2.40. The van der Waals surface area contributed by atoms with Crippen LogP contribution in [0, 0.1) is 18.6 Å². The quantitative estimate of drug-likeness (QED) is 0.358. The summed E-state index contributed by atoms with van der Waals surface area (Å²) in [6.45, 7) is 10.9. The first-order valence-corrected chi connectivity index (χ1v) is 12.0. The van der Waals surface area contributed by atoms with E-state index in [1.807, 2.05) is 51.1 Å². The van der Waals surface area contributed by atoms with E-state index in [0.717, 1.165) is 29.8 Å². The first-order valence-electron chi connectivity index (χ1n) is 12.0. The van der Waals surface area contributed by atoms with Crippen molar-refractivity contribution in [1.29, 1.82) is 0 Å². The van der Waals surface area contributed by atoms with Crippen molar-refractivity contribution >= 4 is 0 Å². The highest BCUT2D eigenvalue weighted by Crippen LogP contribution is 2.33. The summed E-state index contributed by atoms with van der Waals surface area (Å²) in [6, 6.07) is 12.8. The molecule has 0 unspecified atom stereocenters. The summed E-state index contributed by atoms with van der Waals surface area (Å²) in [6.07, 6.45) is 0.223. The number of aryl methyl sites for hydroxylation is 1. The Bertz CT molecular complexity index is 1090. The molecule has 0 aliphatic carbocycles. The third-order valence-electron chi connectivity index (χ3n) is 5.88. The van der Waals surface area contributed by atoms with E-state index >= 15 is 0 Å². The minimum absolute atomic E-state index is 0.0265. The Kier molecular flexibility index (Phi) is 9.37. The van der Waals surface area contributed by atoms with Gasteiger partial charge in [-0.1, -0.05) is 25.1 Å². The second-order valence-corrected chi connectivity index (χ2v) is 9.02. The Labute approximate surface area is 206 Å². The van der Waals surface area contributed by atoms with Crippen LogP contribution in [0.5, 0.6) is 11.6 Å². The van der Waals surface area contributed by atoms with Gasteiger partial charge in [-0.3, -0.25) is 4.90 Å². The Morgan fingerprint density at radius 3 is 2.43 bits per heavy atom. The zero-order chi connectivity index (χ0) is 25.5. The molecule has 190 valence electrons. The number of ether oxygens (including phenoxy) is 2. The van der Waals surface area contributed by atoms with Gasteiger partial charge in [-0.15, -0.1) is 0 Å². The van der Waals surface area contributed by atoms with E-state index in [9.17, 15) is 13.9 Å². The minimum Gasteiger partial charge on any atom is -0.435 e. The lowest BCUT2D eigenvalue weighted by Gasteiger charge is -2.30. The number of aliphatic hydroxyl groups is 1. The van der Waals surface area contributed by atoms with Crippen molar-refractivity contribution in [2.24, 2.45) is 0 Å². The van der Waals surface area contributed by atoms with Crippen LogP contribution in [0.15, 0.2) is 48.5 Å². The number of rotatable bonds is 12. The molecule has 0 amide bonds. The second-order valence-electron chi connectivity index (χ2n) is 9.02. The topological polar surface area (TPSA) is 59.8 Å². The summed E-state index contributed by atoms with van der Waals surface area (Å²) >= 11 is 0. The van der Waals surface area contributed by atoms with Crippen LogP contribution in [0.3, 0.4) is 0 Å². The molecule has 0 saturated heterocycles. The molecule has 2 atom stereocenters. The van der Waals surface area contributed by atoms with Crippen LogP contribution in [0.25, 0.3) is 5.69 Å². The number of hydrogen-bond acceptors (Lipinski definition) is 5. The molecule has 1 heterocycles. The zero-order valence-electron chi connectivity index (χ0n) is 21.0. The van der Waals surface area contributed by atoms with E-state index in [2.05, 4.69) is 23.8 Å². The van der Waals surface area contributed by atoms with Gasteiger partial charge in [0.25, 0.3) is 0 Å². The van der Waals surface area contributed by atoms with E-state index in [1.165, 1.54) is 6.07 Å². The van der Waals surface area contributed by atoms with Gasteiger partial charge in [0, 0.05) is 25.2 Å². The molecule has 0 aliphatic heterocycles. The number of hydrogen-bond donors (Lipinski definition) is 1. The van der Waals surface area contributed by atoms with Gasteiger partial charge in [0.15, 0.2) is 11.6 Å². The van der Waals surface area contributed by atoms with Crippen LogP contribution in [0.1, 0.15) is 45.4 Å². The molecule has 0 fully saturated rings. The number of aromatic nitrogens is 2. The van der Waals surface area contributed by atoms with Gasteiger partial charge in [0.05, 0.1) is 35.8 Å². The number of benzene rings is 2. The molecule has 6 nitrogen and oxygen atoms in total. The van der Waals surface area contributed by atoms with Gasteiger partial charge in [-0.25, -0.2) is 13.5 Å². The van der Waals surface area contributed by atoms with Crippen LogP contribution in [-0.4, -0.2) is 51.2 Å². The predicted molar refractivity (Wildman–Crippen MR) is 132 cm³/mol. The summed E-state index contributed by atoms with van der Waals surface area (Å²) < 4.78 is 41.3. The lowest BCUT2D eigenvalue weighted by molar-refractivity contribution is -0.0150. The Morgan fingerprint density at radius 1 is 1.09 bits per heavy atom. The minimum atomic E-state index is -0.797. The normalized spacial score (nSPS) is 13.4. The molecule has 3 aromatic rings. The molecule has 0 bridgehead atoms. The monoisotopic (exact) mass is 487 g/mol. The van der Waals surface area contributed by atoms with Crippen molar-refractivity contribution in [3.05, 3.63) is 71.4 Å². The molecule has 0 radical (unpaired) electrons. The number of halogens is 2. The van der Waals surface area contributed by atoms with Crippen LogP contribution < -0.4 is 4.74 Å². The van der Waals surface area contributed by atoms with Crippen LogP contribution in [0.4, 0.5) is 8.78 Å². The Balaban J connectivity index is 1.99. The van der Waals surface area contributed by atoms with Crippen LogP contribution in [-0.2, 0) is 11.3 Å². The smallest absolute Gasteiger partial charge is 0.227 e. The van der Waals surface area contributed by atoms with E-state index < -0.39 is 17.7 Å². The van der Waals surface area contributed by atoms with Crippen molar-refractivity contribution in [2.75, 3.05) is 13.2 Å². The first kappa shape index (κ1) is 26.8. The highest BCUT2D eigenvalue weighted by molar-refractivity contribution is 5.43. The second kappa shape index (κ2) is 12.2. The van der Waals surface area contributed by atoms with Crippen LogP contribution >= 0.6 is 0 Å². The fourth-order valence-corrected chi connectivity index (χ4v) is 3.72. The first-order chi connectivity index (χ1) is 16.7.